The van der Waals surface area contributed by atoms with Crippen LogP contribution in [-0.4, -0.2) is 0 Å². The minimum atomic E-state index is -4.57. The Hall–Kier alpha value is -2.63. The fourth-order valence-electron chi connectivity index (χ4n) is 3.79. The van der Waals surface area contributed by atoms with Crippen molar-refractivity contribution in [3.63, 3.8) is 0 Å². The molecule has 0 spiro atoms. The summed E-state index contributed by atoms with van der Waals surface area (Å²) in [5, 5.41) is 7.54. The SMILES string of the molecule is [O-][Cl+3]([O-])([O-])Oc1ccc2cccc3c4cccc5cccc(c1c23)c54. The van der Waals surface area contributed by atoms with E-state index in [1.807, 2.05) is 48.5 Å². The number of hydrogen-bond acceptors (Lipinski definition) is 4. The summed E-state index contributed by atoms with van der Waals surface area (Å²) in [4.78, 5) is 0. The van der Waals surface area contributed by atoms with E-state index in [1.54, 1.807) is 6.07 Å². The zero-order valence-corrected chi connectivity index (χ0v) is 13.6. The molecule has 5 aromatic carbocycles. The maximum absolute atomic E-state index is 11.2. The average Bonchev–Trinajstić information content (AvgIpc) is 2.59. The number of rotatable bonds is 2. The summed E-state index contributed by atoms with van der Waals surface area (Å²) >= 11 is 0. The standard InChI is InChI=1S/C20H11ClO4/c22-21(23,24)25-17-11-10-13-6-2-8-15-14-7-1-4-12-5-3-9-16(18(12)14)20(17)19(13)15/h1-11H. The third kappa shape index (κ3) is 2.13. The molecule has 25 heavy (non-hydrogen) atoms. The van der Waals surface area contributed by atoms with Gasteiger partial charge in [-0.3, -0.25) is 0 Å². The van der Waals surface area contributed by atoms with E-state index in [0.717, 1.165) is 37.7 Å². The summed E-state index contributed by atoms with van der Waals surface area (Å²) in [5.41, 5.74) is 0. The molecule has 0 saturated heterocycles. The van der Waals surface area contributed by atoms with Gasteiger partial charge in [-0.25, -0.2) is 0 Å². The zero-order chi connectivity index (χ0) is 17.2. The van der Waals surface area contributed by atoms with Gasteiger partial charge in [0.2, 0.25) is 0 Å². The molecule has 0 aromatic heterocycles. The summed E-state index contributed by atoms with van der Waals surface area (Å²) < 4.78 is 38.3. The molecule has 0 amide bonds. The summed E-state index contributed by atoms with van der Waals surface area (Å²) in [6, 6.07) is 21.2. The van der Waals surface area contributed by atoms with Crippen LogP contribution in [0.1, 0.15) is 0 Å². The number of halogens is 1. The van der Waals surface area contributed by atoms with Gasteiger partial charge >= 0.3 is 0 Å². The lowest BCUT2D eigenvalue weighted by atomic mass is 9.89. The molecule has 0 bridgehead atoms. The monoisotopic (exact) mass is 350 g/mol. The minimum Gasteiger partial charge on any atom is -0.167 e. The van der Waals surface area contributed by atoms with Crippen molar-refractivity contribution in [3.8, 4) is 5.75 Å². The molecule has 122 valence electrons. The highest BCUT2D eigenvalue weighted by molar-refractivity contribution is 6.34. The highest BCUT2D eigenvalue weighted by atomic mass is 35.7. The Morgan fingerprint density at radius 1 is 0.560 bits per heavy atom. The predicted octanol–water partition coefficient (Wildman–Crippen LogP) is 2.01. The molecule has 0 N–H and O–H groups in total. The van der Waals surface area contributed by atoms with Crippen molar-refractivity contribution in [3.05, 3.63) is 66.7 Å². The molecule has 0 heterocycles. The molecule has 0 aliphatic carbocycles. The van der Waals surface area contributed by atoms with Gasteiger partial charge in [0.1, 0.15) is 10.2 Å². The van der Waals surface area contributed by atoms with Crippen LogP contribution in [0.3, 0.4) is 0 Å². The largest absolute Gasteiger partial charge is 0.296 e. The Morgan fingerprint density at radius 2 is 1.12 bits per heavy atom. The number of benzene rings is 5. The first-order valence-corrected chi connectivity index (χ1v) is 8.95. The molecule has 0 fully saturated rings. The molecule has 5 aromatic rings. The lowest BCUT2D eigenvalue weighted by molar-refractivity contribution is -1.91. The van der Waals surface area contributed by atoms with Gasteiger partial charge in [0, 0.05) is 5.39 Å². The lowest BCUT2D eigenvalue weighted by Crippen LogP contribution is -2.63. The van der Waals surface area contributed by atoms with Crippen LogP contribution in [0.4, 0.5) is 0 Å². The van der Waals surface area contributed by atoms with E-state index in [9.17, 15) is 14.0 Å². The first kappa shape index (κ1) is 14.7. The summed E-state index contributed by atoms with van der Waals surface area (Å²) in [6.07, 6.45) is 0. The van der Waals surface area contributed by atoms with Crippen LogP contribution in [0.5, 0.6) is 5.75 Å². The molecular weight excluding hydrogens is 340 g/mol. The van der Waals surface area contributed by atoms with Crippen LogP contribution in [0.2, 0.25) is 0 Å². The Labute approximate surface area is 144 Å². The van der Waals surface area contributed by atoms with Gasteiger partial charge < -0.3 is 0 Å². The fraction of sp³-hybridized carbons (Fsp3) is 0. The van der Waals surface area contributed by atoms with Crippen LogP contribution in [0.25, 0.3) is 43.1 Å². The highest BCUT2D eigenvalue weighted by Crippen LogP contribution is 2.43. The Kier molecular flexibility index (Phi) is 2.90. The Morgan fingerprint density at radius 3 is 1.76 bits per heavy atom. The van der Waals surface area contributed by atoms with Crippen molar-refractivity contribution >= 4 is 43.1 Å². The molecule has 4 nitrogen and oxygen atoms in total. The van der Waals surface area contributed by atoms with E-state index in [0.29, 0.717) is 5.39 Å². The van der Waals surface area contributed by atoms with E-state index in [1.165, 1.54) is 6.07 Å². The molecule has 0 saturated carbocycles. The van der Waals surface area contributed by atoms with Crippen molar-refractivity contribution < 1.29 is 28.5 Å². The van der Waals surface area contributed by atoms with Gasteiger partial charge in [0.05, 0.1) is 5.39 Å². The molecule has 0 aliphatic rings. The van der Waals surface area contributed by atoms with Crippen LogP contribution >= 0.6 is 0 Å². The first-order valence-electron chi connectivity index (χ1n) is 7.71. The highest BCUT2D eigenvalue weighted by Gasteiger charge is 2.25. The van der Waals surface area contributed by atoms with E-state index in [4.69, 9.17) is 4.29 Å². The Bertz CT molecular complexity index is 1250. The second kappa shape index (κ2) is 4.94. The second-order valence-electron chi connectivity index (χ2n) is 6.01. The van der Waals surface area contributed by atoms with E-state index < -0.39 is 10.2 Å². The maximum atomic E-state index is 11.2. The summed E-state index contributed by atoms with van der Waals surface area (Å²) in [5.74, 6) is 0.0543. The summed E-state index contributed by atoms with van der Waals surface area (Å²) in [6.45, 7) is 0. The molecule has 5 rings (SSSR count). The summed E-state index contributed by atoms with van der Waals surface area (Å²) in [7, 11) is -4.57. The molecule has 0 unspecified atom stereocenters. The second-order valence-corrected chi connectivity index (χ2v) is 6.92. The average molecular weight is 351 g/mol. The first-order chi connectivity index (χ1) is 12.0. The smallest absolute Gasteiger partial charge is 0.167 e. The third-order valence-electron chi connectivity index (χ3n) is 4.65. The van der Waals surface area contributed by atoms with Gasteiger partial charge in [0.25, 0.3) is 5.75 Å². The van der Waals surface area contributed by atoms with Crippen molar-refractivity contribution in [2.45, 2.75) is 0 Å². The van der Waals surface area contributed by atoms with Crippen molar-refractivity contribution in [1.29, 1.82) is 0 Å². The van der Waals surface area contributed by atoms with Crippen LogP contribution < -0.4 is 18.3 Å². The maximum Gasteiger partial charge on any atom is 0.296 e. The lowest BCUT2D eigenvalue weighted by Gasteiger charge is -2.17. The molecule has 5 heteroatoms. The quantitative estimate of drug-likeness (QED) is 0.360. The zero-order valence-electron chi connectivity index (χ0n) is 12.9. The number of fused-ring (bicyclic) bond motifs is 2. The van der Waals surface area contributed by atoms with E-state index in [2.05, 4.69) is 6.07 Å². The topological polar surface area (TPSA) is 78.4 Å². The van der Waals surface area contributed by atoms with Crippen LogP contribution in [-0.2, 0) is 0 Å². The van der Waals surface area contributed by atoms with Crippen molar-refractivity contribution in [1.82, 2.24) is 0 Å². The third-order valence-corrected chi connectivity index (χ3v) is 5.00. The molecule has 0 radical (unpaired) electrons. The van der Waals surface area contributed by atoms with Crippen molar-refractivity contribution in [2.75, 3.05) is 0 Å². The van der Waals surface area contributed by atoms with Crippen LogP contribution in [0, 0.1) is 10.2 Å². The Balaban J connectivity index is 2.10. The van der Waals surface area contributed by atoms with E-state index in [-0.39, 0.29) is 5.75 Å². The van der Waals surface area contributed by atoms with Gasteiger partial charge in [0.15, 0.2) is 0 Å². The van der Waals surface area contributed by atoms with Gasteiger partial charge in [-0.2, -0.15) is 14.0 Å². The molecule has 0 atom stereocenters. The fourth-order valence-corrected chi connectivity index (χ4v) is 4.12. The van der Waals surface area contributed by atoms with Gasteiger partial charge in [-0.15, -0.1) is 0 Å². The normalized spacial score (nSPS) is 12.6. The minimum absolute atomic E-state index is 0.0543. The predicted molar refractivity (Wildman–Crippen MR) is 88.3 cm³/mol. The van der Waals surface area contributed by atoms with E-state index >= 15 is 0 Å². The van der Waals surface area contributed by atoms with Crippen LogP contribution in [0.15, 0.2) is 66.7 Å². The number of hydrogen-bond donors (Lipinski definition) is 0. The van der Waals surface area contributed by atoms with Gasteiger partial charge in [-0.05, 0) is 44.5 Å². The molecular formula is C20H11ClO4. The van der Waals surface area contributed by atoms with Crippen molar-refractivity contribution in [2.24, 2.45) is 0 Å². The van der Waals surface area contributed by atoms with Gasteiger partial charge in [-0.1, -0.05) is 58.9 Å². The molecule has 0 aliphatic heterocycles.